The van der Waals surface area contributed by atoms with Crippen LogP contribution >= 0.6 is 0 Å². The highest BCUT2D eigenvalue weighted by atomic mass is 16.7. The summed E-state index contributed by atoms with van der Waals surface area (Å²) in [6.45, 7) is 8.32. The Morgan fingerprint density at radius 2 is 2.31 bits per heavy atom. The summed E-state index contributed by atoms with van der Waals surface area (Å²) in [6, 6.07) is 6.25. The second-order valence-electron chi connectivity index (χ2n) is 6.73. The number of rotatable bonds is 6. The van der Waals surface area contributed by atoms with Gasteiger partial charge in [0.2, 0.25) is 6.41 Å². The average molecular weight is 358 g/mol. The molecule has 7 nitrogen and oxygen atoms in total. The zero-order valence-corrected chi connectivity index (χ0v) is 15.4. The van der Waals surface area contributed by atoms with E-state index >= 15 is 0 Å². The van der Waals surface area contributed by atoms with E-state index in [-0.39, 0.29) is 12.0 Å². The fourth-order valence-electron chi connectivity index (χ4n) is 3.81. The number of fused-ring (bicyclic) bond motifs is 1. The number of nitrogens with one attached hydrogen (secondary N) is 1. The van der Waals surface area contributed by atoms with Gasteiger partial charge in [0, 0.05) is 38.1 Å². The topological polar surface area (TPSA) is 74.2 Å². The number of aliphatic imine (C=N–C) groups is 1. The van der Waals surface area contributed by atoms with Gasteiger partial charge in [-0.1, -0.05) is 19.1 Å². The maximum atomic E-state index is 12.4. The zero-order chi connectivity index (χ0) is 18.5. The van der Waals surface area contributed by atoms with Gasteiger partial charge in [-0.3, -0.25) is 14.7 Å². The Kier molecular flexibility index (Phi) is 5.88. The lowest BCUT2D eigenvalue weighted by Crippen LogP contribution is -2.57. The van der Waals surface area contributed by atoms with Crippen molar-refractivity contribution in [3.8, 4) is 0 Å². The van der Waals surface area contributed by atoms with Gasteiger partial charge in [0.25, 0.3) is 0 Å². The van der Waals surface area contributed by atoms with Gasteiger partial charge in [-0.25, -0.2) is 4.79 Å². The van der Waals surface area contributed by atoms with Crippen LogP contribution in [0.4, 0.5) is 5.69 Å². The maximum Gasteiger partial charge on any atom is 0.337 e. The molecule has 0 radical (unpaired) electrons. The van der Waals surface area contributed by atoms with Gasteiger partial charge in [0.15, 0.2) is 0 Å². The highest BCUT2D eigenvalue weighted by Crippen LogP contribution is 2.31. The normalized spacial score (nSPS) is 21.0. The number of hydrogen-bond donors (Lipinski definition) is 1. The molecular formula is C19H26N4O3. The SMILES string of the molecule is CCN1CCN(c2cccc3c2CCN=C3)C(C(C)C(=O)ONC=O)C1. The molecule has 1 amide bonds. The van der Waals surface area contributed by atoms with E-state index in [1.54, 1.807) is 0 Å². The number of carbonyl (C=O) groups excluding carboxylic acids is 2. The van der Waals surface area contributed by atoms with Crippen molar-refractivity contribution in [3.63, 3.8) is 0 Å². The Labute approximate surface area is 154 Å². The summed E-state index contributed by atoms with van der Waals surface area (Å²) >= 11 is 0. The van der Waals surface area contributed by atoms with Crippen molar-refractivity contribution in [1.82, 2.24) is 10.4 Å². The number of nitrogens with zero attached hydrogens (tertiary/aromatic N) is 3. The first-order valence-corrected chi connectivity index (χ1v) is 9.16. The van der Waals surface area contributed by atoms with E-state index in [4.69, 9.17) is 4.84 Å². The molecule has 140 valence electrons. The summed E-state index contributed by atoms with van der Waals surface area (Å²) < 4.78 is 0. The van der Waals surface area contributed by atoms with Gasteiger partial charge in [-0.15, -0.1) is 0 Å². The molecule has 0 spiro atoms. The lowest BCUT2D eigenvalue weighted by molar-refractivity contribution is -0.159. The molecule has 1 aromatic rings. The second kappa shape index (κ2) is 8.31. The molecule has 0 aromatic heterocycles. The molecule has 2 atom stereocenters. The molecule has 1 saturated heterocycles. The van der Waals surface area contributed by atoms with E-state index in [1.807, 2.05) is 24.7 Å². The predicted octanol–water partition coefficient (Wildman–Crippen LogP) is 1.01. The molecule has 0 bridgehead atoms. The van der Waals surface area contributed by atoms with Gasteiger partial charge in [-0.2, -0.15) is 5.48 Å². The Balaban J connectivity index is 1.90. The van der Waals surface area contributed by atoms with Crippen LogP contribution in [0.25, 0.3) is 0 Å². The van der Waals surface area contributed by atoms with Crippen molar-refractivity contribution in [1.29, 1.82) is 0 Å². The lowest BCUT2D eigenvalue weighted by atomic mass is 9.93. The minimum absolute atomic E-state index is 0.0185. The number of hydrogen-bond acceptors (Lipinski definition) is 6. The molecule has 1 N–H and O–H groups in total. The third kappa shape index (κ3) is 3.72. The van der Waals surface area contributed by atoms with Crippen LogP contribution in [-0.2, 0) is 20.8 Å². The maximum absolute atomic E-state index is 12.4. The number of anilines is 1. The smallest absolute Gasteiger partial charge is 0.337 e. The Bertz CT molecular complexity index is 691. The van der Waals surface area contributed by atoms with Crippen LogP contribution in [0, 0.1) is 5.92 Å². The van der Waals surface area contributed by atoms with Crippen LogP contribution in [-0.4, -0.2) is 62.3 Å². The molecule has 1 fully saturated rings. The molecule has 2 unspecified atom stereocenters. The first-order chi connectivity index (χ1) is 12.7. The largest absolute Gasteiger partial charge is 0.365 e. The van der Waals surface area contributed by atoms with Gasteiger partial charge in [-0.05, 0) is 37.1 Å². The Morgan fingerprint density at radius 3 is 3.08 bits per heavy atom. The molecule has 3 rings (SSSR count). The van der Waals surface area contributed by atoms with Crippen molar-refractivity contribution >= 4 is 24.3 Å². The molecular weight excluding hydrogens is 332 g/mol. The summed E-state index contributed by atoms with van der Waals surface area (Å²) in [4.78, 5) is 36.7. The van der Waals surface area contributed by atoms with Crippen molar-refractivity contribution in [2.24, 2.45) is 10.9 Å². The molecule has 0 aliphatic carbocycles. The summed E-state index contributed by atoms with van der Waals surface area (Å²) in [7, 11) is 0. The average Bonchev–Trinajstić information content (AvgIpc) is 2.70. The summed E-state index contributed by atoms with van der Waals surface area (Å²) in [5, 5.41) is 0. The quantitative estimate of drug-likeness (QED) is 0.607. The van der Waals surface area contributed by atoms with Crippen molar-refractivity contribution < 1.29 is 14.4 Å². The molecule has 2 aliphatic rings. The van der Waals surface area contributed by atoms with Crippen molar-refractivity contribution in [2.45, 2.75) is 26.3 Å². The van der Waals surface area contributed by atoms with Crippen LogP contribution < -0.4 is 10.4 Å². The van der Waals surface area contributed by atoms with Crippen LogP contribution in [0.1, 0.15) is 25.0 Å². The fourth-order valence-corrected chi connectivity index (χ4v) is 3.81. The summed E-state index contributed by atoms with van der Waals surface area (Å²) in [5.74, 6) is -0.790. The second-order valence-corrected chi connectivity index (χ2v) is 6.73. The molecule has 2 heterocycles. The number of amides is 1. The zero-order valence-electron chi connectivity index (χ0n) is 15.4. The summed E-state index contributed by atoms with van der Waals surface area (Å²) in [6.07, 6.45) is 3.22. The van der Waals surface area contributed by atoms with Crippen LogP contribution in [0.15, 0.2) is 23.2 Å². The molecule has 0 saturated carbocycles. The number of carbonyl (C=O) groups is 2. The van der Waals surface area contributed by atoms with E-state index in [2.05, 4.69) is 33.8 Å². The van der Waals surface area contributed by atoms with Crippen LogP contribution in [0.3, 0.4) is 0 Å². The highest BCUT2D eigenvalue weighted by Gasteiger charge is 2.36. The minimum Gasteiger partial charge on any atom is -0.365 e. The van der Waals surface area contributed by atoms with Gasteiger partial charge in [0.05, 0.1) is 12.0 Å². The van der Waals surface area contributed by atoms with Gasteiger partial charge < -0.3 is 9.74 Å². The number of hydroxylamine groups is 1. The first-order valence-electron chi connectivity index (χ1n) is 9.16. The number of likely N-dealkylation sites (N-methyl/N-ethyl adjacent to an activating group) is 1. The van der Waals surface area contributed by atoms with Crippen LogP contribution in [0.2, 0.25) is 0 Å². The Morgan fingerprint density at radius 1 is 1.46 bits per heavy atom. The minimum atomic E-state index is -0.420. The van der Waals surface area contributed by atoms with Gasteiger partial charge >= 0.3 is 5.97 Å². The lowest BCUT2D eigenvalue weighted by Gasteiger charge is -2.45. The number of benzene rings is 1. The van der Waals surface area contributed by atoms with Crippen molar-refractivity contribution in [3.05, 3.63) is 29.3 Å². The molecule has 2 aliphatic heterocycles. The molecule has 26 heavy (non-hydrogen) atoms. The van der Waals surface area contributed by atoms with E-state index in [0.717, 1.165) is 44.7 Å². The predicted molar refractivity (Wildman–Crippen MR) is 100 cm³/mol. The fraction of sp³-hybridized carbons (Fsp3) is 0.526. The van der Waals surface area contributed by atoms with E-state index in [9.17, 15) is 9.59 Å². The van der Waals surface area contributed by atoms with E-state index < -0.39 is 5.97 Å². The van der Waals surface area contributed by atoms with Crippen LogP contribution in [0.5, 0.6) is 0 Å². The van der Waals surface area contributed by atoms with Crippen molar-refractivity contribution in [2.75, 3.05) is 37.6 Å². The summed E-state index contributed by atoms with van der Waals surface area (Å²) in [5.41, 5.74) is 5.65. The van der Waals surface area contributed by atoms with E-state index in [0.29, 0.717) is 6.41 Å². The number of piperazine rings is 1. The monoisotopic (exact) mass is 358 g/mol. The standard InChI is InChI=1S/C19H26N4O3/c1-3-22-9-10-23(18(12-22)14(2)19(25)26-21-13-24)17-6-4-5-15-11-20-8-7-16(15)17/h4-6,11,13-14,18H,3,7-10,12H2,1-2H3,(H,21,24). The molecule has 7 heteroatoms. The van der Waals surface area contributed by atoms with E-state index in [1.165, 1.54) is 11.3 Å². The Hall–Kier alpha value is -2.41. The van der Waals surface area contributed by atoms with Gasteiger partial charge in [0.1, 0.15) is 0 Å². The highest BCUT2D eigenvalue weighted by molar-refractivity contribution is 5.86. The third-order valence-corrected chi connectivity index (χ3v) is 5.32. The third-order valence-electron chi connectivity index (χ3n) is 5.32. The first kappa shape index (κ1) is 18.4. The molecule has 1 aromatic carbocycles.